The van der Waals surface area contributed by atoms with Gasteiger partial charge in [-0.3, -0.25) is 9.59 Å². The highest BCUT2D eigenvalue weighted by atomic mass is 16.5. The smallest absolute Gasteiger partial charge is 0.308 e. The number of carboxylic acid groups (broad SMARTS) is 1. The molecule has 0 saturated carbocycles. The van der Waals surface area contributed by atoms with Crippen LogP contribution >= 0.6 is 0 Å². The summed E-state index contributed by atoms with van der Waals surface area (Å²) in [5.41, 5.74) is 1.41. The summed E-state index contributed by atoms with van der Waals surface area (Å²) in [7, 11) is 0. The van der Waals surface area contributed by atoms with Crippen molar-refractivity contribution in [2.24, 2.45) is 11.8 Å². The number of aromatic nitrogens is 1. The summed E-state index contributed by atoms with van der Waals surface area (Å²) in [6.07, 6.45) is 0.501. The molecule has 1 aromatic heterocycles. The normalized spacial score (nSPS) is 12.1. The quantitative estimate of drug-likeness (QED) is 0.819. The van der Waals surface area contributed by atoms with E-state index in [-0.39, 0.29) is 18.2 Å². The lowest BCUT2D eigenvalue weighted by atomic mass is 9.97. The van der Waals surface area contributed by atoms with E-state index < -0.39 is 17.8 Å². The summed E-state index contributed by atoms with van der Waals surface area (Å²) in [5.74, 6) is -1.69. The zero-order valence-corrected chi connectivity index (χ0v) is 13.2. The van der Waals surface area contributed by atoms with Gasteiger partial charge < -0.3 is 14.9 Å². The molecule has 0 saturated heterocycles. The number of rotatable bonds is 7. The highest BCUT2D eigenvalue weighted by Gasteiger charge is 2.21. The van der Waals surface area contributed by atoms with Gasteiger partial charge >= 0.3 is 5.97 Å². The molecule has 2 N–H and O–H groups in total. The third-order valence-electron chi connectivity index (χ3n) is 3.42. The molecule has 122 valence electrons. The van der Waals surface area contributed by atoms with Crippen LogP contribution in [0.25, 0.3) is 11.3 Å². The SMILES string of the molecule is CC(C)CC(CNC(=O)c1cc(-c2ccccc2)no1)C(=O)O. The molecule has 23 heavy (non-hydrogen) atoms. The molecule has 0 spiro atoms. The molecule has 0 aliphatic carbocycles. The summed E-state index contributed by atoms with van der Waals surface area (Å²) in [4.78, 5) is 23.3. The Morgan fingerprint density at radius 2 is 1.96 bits per heavy atom. The zero-order chi connectivity index (χ0) is 16.8. The van der Waals surface area contributed by atoms with Crippen molar-refractivity contribution >= 4 is 11.9 Å². The largest absolute Gasteiger partial charge is 0.481 e. The van der Waals surface area contributed by atoms with Crippen molar-refractivity contribution in [3.63, 3.8) is 0 Å². The van der Waals surface area contributed by atoms with Crippen LogP contribution in [0.1, 0.15) is 30.8 Å². The molecule has 1 aromatic carbocycles. The first-order valence-electron chi connectivity index (χ1n) is 7.50. The number of aliphatic carboxylic acids is 1. The maximum absolute atomic E-state index is 12.1. The summed E-state index contributed by atoms with van der Waals surface area (Å²) >= 11 is 0. The summed E-state index contributed by atoms with van der Waals surface area (Å²) in [5, 5.41) is 15.6. The van der Waals surface area contributed by atoms with E-state index in [1.54, 1.807) is 6.07 Å². The van der Waals surface area contributed by atoms with E-state index in [1.165, 1.54) is 0 Å². The Labute approximate surface area is 134 Å². The standard InChI is InChI=1S/C17H20N2O4/c1-11(2)8-13(17(21)22)10-18-16(20)15-9-14(19-23-15)12-6-4-3-5-7-12/h3-7,9,11,13H,8,10H2,1-2H3,(H,18,20)(H,21,22). The van der Waals surface area contributed by atoms with E-state index in [9.17, 15) is 14.7 Å². The average molecular weight is 316 g/mol. The summed E-state index contributed by atoms with van der Waals surface area (Å²) in [6, 6.07) is 10.9. The van der Waals surface area contributed by atoms with Crippen LogP contribution in [0.4, 0.5) is 0 Å². The second kappa shape index (κ2) is 7.58. The van der Waals surface area contributed by atoms with Gasteiger partial charge in [-0.05, 0) is 12.3 Å². The van der Waals surface area contributed by atoms with Gasteiger partial charge in [0.15, 0.2) is 0 Å². The molecule has 0 fully saturated rings. The zero-order valence-electron chi connectivity index (χ0n) is 13.2. The maximum atomic E-state index is 12.1. The summed E-state index contributed by atoms with van der Waals surface area (Å²) in [6.45, 7) is 3.95. The van der Waals surface area contributed by atoms with E-state index in [1.807, 2.05) is 44.2 Å². The van der Waals surface area contributed by atoms with Crippen LogP contribution in [0.2, 0.25) is 0 Å². The third-order valence-corrected chi connectivity index (χ3v) is 3.42. The van der Waals surface area contributed by atoms with Crippen molar-refractivity contribution in [3.8, 4) is 11.3 Å². The Balaban J connectivity index is 1.98. The first-order chi connectivity index (χ1) is 11.0. The molecular formula is C17H20N2O4. The van der Waals surface area contributed by atoms with Gasteiger partial charge in [0.2, 0.25) is 5.76 Å². The first kappa shape index (κ1) is 16.7. The minimum Gasteiger partial charge on any atom is -0.481 e. The number of carbonyl (C=O) groups excluding carboxylic acids is 1. The van der Waals surface area contributed by atoms with Crippen molar-refractivity contribution in [2.45, 2.75) is 20.3 Å². The monoisotopic (exact) mass is 316 g/mol. The molecule has 6 heteroatoms. The van der Waals surface area contributed by atoms with Crippen LogP contribution in [0.3, 0.4) is 0 Å². The van der Waals surface area contributed by atoms with E-state index in [0.717, 1.165) is 5.56 Å². The van der Waals surface area contributed by atoms with Crippen LogP contribution in [0, 0.1) is 11.8 Å². The van der Waals surface area contributed by atoms with E-state index in [4.69, 9.17) is 4.52 Å². The number of benzene rings is 1. The van der Waals surface area contributed by atoms with Gasteiger partial charge in [0.25, 0.3) is 5.91 Å². The predicted octanol–water partition coefficient (Wildman–Crippen LogP) is 2.82. The molecule has 0 aliphatic rings. The van der Waals surface area contributed by atoms with Crippen molar-refractivity contribution in [2.75, 3.05) is 6.54 Å². The fraction of sp³-hybridized carbons (Fsp3) is 0.353. The van der Waals surface area contributed by atoms with Crippen LogP contribution in [-0.4, -0.2) is 28.7 Å². The second-order valence-electron chi connectivity index (χ2n) is 5.82. The van der Waals surface area contributed by atoms with Crippen molar-refractivity contribution in [1.29, 1.82) is 0 Å². The number of amides is 1. The summed E-state index contributed by atoms with van der Waals surface area (Å²) < 4.78 is 5.05. The number of hydrogen-bond donors (Lipinski definition) is 2. The topological polar surface area (TPSA) is 92.4 Å². The second-order valence-corrected chi connectivity index (χ2v) is 5.82. The molecule has 6 nitrogen and oxygen atoms in total. The van der Waals surface area contributed by atoms with Crippen LogP contribution in [0.5, 0.6) is 0 Å². The number of nitrogens with one attached hydrogen (secondary N) is 1. The number of carbonyl (C=O) groups is 2. The fourth-order valence-corrected chi connectivity index (χ4v) is 2.27. The Bertz CT molecular complexity index is 664. The molecule has 0 aliphatic heterocycles. The van der Waals surface area contributed by atoms with Gasteiger partial charge in [0.05, 0.1) is 5.92 Å². The Morgan fingerprint density at radius 3 is 2.57 bits per heavy atom. The minimum absolute atomic E-state index is 0.0632. The predicted molar refractivity (Wildman–Crippen MR) is 84.9 cm³/mol. The Morgan fingerprint density at radius 1 is 1.26 bits per heavy atom. The number of hydrogen-bond acceptors (Lipinski definition) is 4. The van der Waals surface area contributed by atoms with Crippen LogP contribution in [0.15, 0.2) is 40.9 Å². The van der Waals surface area contributed by atoms with Gasteiger partial charge in [-0.2, -0.15) is 0 Å². The molecule has 1 amide bonds. The Hall–Kier alpha value is -2.63. The van der Waals surface area contributed by atoms with Crippen LogP contribution in [-0.2, 0) is 4.79 Å². The van der Waals surface area contributed by atoms with Gasteiger partial charge in [0, 0.05) is 18.2 Å². The van der Waals surface area contributed by atoms with Crippen molar-refractivity contribution in [1.82, 2.24) is 10.5 Å². The molecule has 1 heterocycles. The molecular weight excluding hydrogens is 296 g/mol. The highest BCUT2D eigenvalue weighted by Crippen LogP contribution is 2.18. The third kappa shape index (κ3) is 4.67. The molecule has 2 aromatic rings. The fourth-order valence-electron chi connectivity index (χ4n) is 2.27. The lowest BCUT2D eigenvalue weighted by molar-refractivity contribution is -0.142. The van der Waals surface area contributed by atoms with E-state index in [2.05, 4.69) is 10.5 Å². The molecule has 2 rings (SSSR count). The van der Waals surface area contributed by atoms with Gasteiger partial charge in [0.1, 0.15) is 5.69 Å². The van der Waals surface area contributed by atoms with E-state index >= 15 is 0 Å². The van der Waals surface area contributed by atoms with Crippen LogP contribution < -0.4 is 5.32 Å². The molecule has 1 unspecified atom stereocenters. The van der Waals surface area contributed by atoms with Gasteiger partial charge in [-0.25, -0.2) is 0 Å². The van der Waals surface area contributed by atoms with Crippen molar-refractivity contribution < 1.29 is 19.2 Å². The number of nitrogens with zero attached hydrogens (tertiary/aromatic N) is 1. The minimum atomic E-state index is -0.915. The first-order valence-corrected chi connectivity index (χ1v) is 7.50. The Kier molecular flexibility index (Phi) is 5.51. The molecule has 0 radical (unpaired) electrons. The number of carboxylic acids is 1. The maximum Gasteiger partial charge on any atom is 0.308 e. The van der Waals surface area contributed by atoms with Gasteiger partial charge in [-0.1, -0.05) is 49.3 Å². The lowest BCUT2D eigenvalue weighted by Crippen LogP contribution is -2.33. The molecule has 0 bridgehead atoms. The lowest BCUT2D eigenvalue weighted by Gasteiger charge is -2.14. The van der Waals surface area contributed by atoms with E-state index in [0.29, 0.717) is 12.1 Å². The molecule has 1 atom stereocenters. The highest BCUT2D eigenvalue weighted by molar-refractivity contribution is 5.92. The average Bonchev–Trinajstić information content (AvgIpc) is 3.01. The van der Waals surface area contributed by atoms with Gasteiger partial charge in [-0.15, -0.1) is 0 Å². The van der Waals surface area contributed by atoms with Crippen molar-refractivity contribution in [3.05, 3.63) is 42.2 Å².